The highest BCUT2D eigenvalue weighted by Gasteiger charge is 2.39. The van der Waals surface area contributed by atoms with Gasteiger partial charge < -0.3 is 9.47 Å². The molecule has 1 heterocycles. The molecule has 1 aromatic carbocycles. The van der Waals surface area contributed by atoms with Crippen molar-refractivity contribution in [2.75, 3.05) is 0 Å². The van der Waals surface area contributed by atoms with Crippen LogP contribution in [-0.2, 0) is 19.1 Å². The highest BCUT2D eigenvalue weighted by molar-refractivity contribution is 6.43. The van der Waals surface area contributed by atoms with Crippen molar-refractivity contribution in [3.8, 4) is 0 Å². The number of nitrogens with zero attached hydrogens (tertiary/aromatic N) is 1. The molecule has 1 fully saturated rings. The van der Waals surface area contributed by atoms with Crippen LogP contribution in [0.25, 0.3) is 6.08 Å². The average molecular weight is 346 g/mol. The summed E-state index contributed by atoms with van der Waals surface area (Å²) in [5.74, 6) is -3.34. The summed E-state index contributed by atoms with van der Waals surface area (Å²) in [5, 5.41) is 10.9. The Morgan fingerprint density at radius 2 is 1.73 bits per heavy atom. The maximum atomic E-state index is 11.9. The third-order valence-corrected chi connectivity index (χ3v) is 3.53. The topological polar surface area (TPSA) is 95.7 Å². The van der Waals surface area contributed by atoms with Crippen LogP contribution in [0, 0.1) is 10.1 Å². The lowest BCUT2D eigenvalue weighted by Gasteiger charge is -2.29. The number of nitro benzene ring substituents is 1. The predicted molar refractivity (Wildman–Crippen MR) is 77.4 cm³/mol. The molecule has 0 aromatic heterocycles. The number of halogens is 2. The van der Waals surface area contributed by atoms with Gasteiger partial charge in [-0.15, -0.1) is 0 Å². The zero-order valence-electron chi connectivity index (χ0n) is 11.4. The van der Waals surface area contributed by atoms with Gasteiger partial charge >= 0.3 is 11.9 Å². The second-order valence-electron chi connectivity index (χ2n) is 4.79. The van der Waals surface area contributed by atoms with Crippen LogP contribution in [0.4, 0.5) is 5.69 Å². The second-order valence-corrected chi connectivity index (χ2v) is 5.57. The first-order valence-corrected chi connectivity index (χ1v) is 6.69. The third-order valence-electron chi connectivity index (χ3n) is 2.71. The van der Waals surface area contributed by atoms with Crippen molar-refractivity contribution in [2.45, 2.75) is 19.6 Å². The van der Waals surface area contributed by atoms with Crippen LogP contribution < -0.4 is 0 Å². The van der Waals surface area contributed by atoms with Gasteiger partial charge in [-0.1, -0.05) is 23.2 Å². The lowest BCUT2D eigenvalue weighted by Crippen LogP contribution is -2.41. The summed E-state index contributed by atoms with van der Waals surface area (Å²) in [5.41, 5.74) is -1.10. The van der Waals surface area contributed by atoms with Crippen molar-refractivity contribution in [1.29, 1.82) is 0 Å². The van der Waals surface area contributed by atoms with Crippen LogP contribution in [-0.4, -0.2) is 22.6 Å². The van der Waals surface area contributed by atoms with Gasteiger partial charge in [0.05, 0.1) is 20.5 Å². The molecule has 0 radical (unpaired) electrons. The number of esters is 2. The zero-order chi connectivity index (χ0) is 16.7. The van der Waals surface area contributed by atoms with Gasteiger partial charge in [-0.2, -0.15) is 0 Å². The molecule has 0 unspecified atom stereocenters. The van der Waals surface area contributed by atoms with Crippen LogP contribution in [0.1, 0.15) is 19.4 Å². The van der Waals surface area contributed by atoms with E-state index in [1.54, 1.807) is 0 Å². The number of ether oxygens (including phenoxy) is 2. The van der Waals surface area contributed by atoms with Gasteiger partial charge in [0.2, 0.25) is 0 Å². The Hall–Kier alpha value is -2.12. The minimum atomic E-state index is -1.41. The normalized spacial score (nSPS) is 16.8. The number of rotatable bonds is 2. The molecule has 0 N–H and O–H groups in total. The fourth-order valence-corrected chi connectivity index (χ4v) is 2.15. The van der Waals surface area contributed by atoms with Crippen LogP contribution in [0.15, 0.2) is 17.7 Å². The van der Waals surface area contributed by atoms with Crippen LogP contribution in [0.5, 0.6) is 0 Å². The van der Waals surface area contributed by atoms with Crippen LogP contribution >= 0.6 is 23.2 Å². The van der Waals surface area contributed by atoms with E-state index in [-0.39, 0.29) is 15.6 Å². The molecule has 1 aromatic rings. The molecule has 0 aliphatic carbocycles. The van der Waals surface area contributed by atoms with Gasteiger partial charge in [0.25, 0.3) is 11.5 Å². The monoisotopic (exact) mass is 345 g/mol. The lowest BCUT2D eigenvalue weighted by atomic mass is 10.1. The van der Waals surface area contributed by atoms with E-state index in [0.717, 1.165) is 12.1 Å². The molecule has 9 heteroatoms. The molecular weight excluding hydrogens is 337 g/mol. The van der Waals surface area contributed by atoms with E-state index < -0.39 is 33.9 Å². The standard InChI is InChI=1S/C13H9Cl2NO6/c1-13(2)21-11(17)7(12(18)22-13)5-6-9(16(19)20)4-3-8(14)10(6)15/h3-5H,1-2H3. The van der Waals surface area contributed by atoms with Crippen molar-refractivity contribution >= 4 is 46.9 Å². The number of carbonyl (C=O) groups is 2. The van der Waals surface area contributed by atoms with Crippen LogP contribution in [0.3, 0.4) is 0 Å². The number of cyclic esters (lactones) is 2. The van der Waals surface area contributed by atoms with Gasteiger partial charge in [-0.3, -0.25) is 10.1 Å². The predicted octanol–water partition coefficient (Wildman–Crippen LogP) is 3.12. The molecule has 116 valence electrons. The van der Waals surface area contributed by atoms with Gasteiger partial charge in [-0.25, -0.2) is 9.59 Å². The number of hydrogen-bond acceptors (Lipinski definition) is 6. The van der Waals surface area contributed by atoms with Crippen molar-refractivity contribution < 1.29 is 24.0 Å². The van der Waals surface area contributed by atoms with Crippen molar-refractivity contribution in [3.63, 3.8) is 0 Å². The summed E-state index contributed by atoms with van der Waals surface area (Å²) in [6.45, 7) is 2.77. The van der Waals surface area contributed by atoms with Crippen molar-refractivity contribution in [1.82, 2.24) is 0 Å². The fourth-order valence-electron chi connectivity index (χ4n) is 1.78. The minimum absolute atomic E-state index is 0.0389. The number of carbonyl (C=O) groups excluding carboxylic acids is 2. The summed E-state index contributed by atoms with van der Waals surface area (Å²) in [6.07, 6.45) is 0.937. The zero-order valence-corrected chi connectivity index (χ0v) is 12.9. The highest BCUT2D eigenvalue weighted by atomic mass is 35.5. The first kappa shape index (κ1) is 16.3. The Kier molecular flexibility index (Phi) is 4.12. The van der Waals surface area contributed by atoms with E-state index in [2.05, 4.69) is 0 Å². The maximum absolute atomic E-state index is 11.9. The van der Waals surface area contributed by atoms with Crippen molar-refractivity contribution in [2.24, 2.45) is 0 Å². The van der Waals surface area contributed by atoms with E-state index in [1.807, 2.05) is 0 Å². The van der Waals surface area contributed by atoms with E-state index in [9.17, 15) is 19.7 Å². The number of nitro groups is 1. The van der Waals surface area contributed by atoms with E-state index in [0.29, 0.717) is 0 Å². The van der Waals surface area contributed by atoms with E-state index in [1.165, 1.54) is 19.9 Å². The summed E-state index contributed by atoms with van der Waals surface area (Å²) >= 11 is 11.7. The Balaban J connectivity index is 2.58. The molecule has 0 atom stereocenters. The highest BCUT2D eigenvalue weighted by Crippen LogP contribution is 2.35. The molecule has 1 aliphatic rings. The van der Waals surface area contributed by atoms with Gasteiger partial charge in [0.15, 0.2) is 0 Å². The third kappa shape index (κ3) is 3.05. The quantitative estimate of drug-likeness (QED) is 0.268. The molecule has 7 nitrogen and oxygen atoms in total. The van der Waals surface area contributed by atoms with Gasteiger partial charge in [0.1, 0.15) is 5.57 Å². The second kappa shape index (κ2) is 5.58. The number of hydrogen-bond donors (Lipinski definition) is 0. The molecule has 0 spiro atoms. The molecule has 2 rings (SSSR count). The summed E-state index contributed by atoms with van der Waals surface area (Å²) < 4.78 is 9.81. The Labute approximate surface area is 134 Å². The molecule has 0 bridgehead atoms. The van der Waals surface area contributed by atoms with Gasteiger partial charge in [-0.05, 0) is 12.1 Å². The van der Waals surface area contributed by atoms with Crippen molar-refractivity contribution in [3.05, 3.63) is 43.4 Å². The average Bonchev–Trinajstić information content (AvgIpc) is 2.36. The first-order chi connectivity index (χ1) is 10.1. The van der Waals surface area contributed by atoms with Crippen LogP contribution in [0.2, 0.25) is 10.0 Å². The summed E-state index contributed by atoms with van der Waals surface area (Å²) in [6, 6.07) is 2.36. The largest absolute Gasteiger partial charge is 0.419 e. The summed E-state index contributed by atoms with van der Waals surface area (Å²) in [7, 11) is 0. The maximum Gasteiger partial charge on any atom is 0.348 e. The molecule has 1 saturated heterocycles. The van der Waals surface area contributed by atoms with E-state index in [4.69, 9.17) is 32.7 Å². The summed E-state index contributed by atoms with van der Waals surface area (Å²) in [4.78, 5) is 34.1. The molecule has 0 saturated carbocycles. The fraction of sp³-hybridized carbons (Fsp3) is 0.231. The van der Waals surface area contributed by atoms with Gasteiger partial charge in [0, 0.05) is 19.9 Å². The molecule has 22 heavy (non-hydrogen) atoms. The molecule has 1 aliphatic heterocycles. The minimum Gasteiger partial charge on any atom is -0.419 e. The molecule has 0 amide bonds. The lowest BCUT2D eigenvalue weighted by molar-refractivity contribution is -0.385. The SMILES string of the molecule is CC1(C)OC(=O)C(=Cc2c([N+](=O)[O-])ccc(Cl)c2Cl)C(=O)O1. The Morgan fingerprint density at radius 3 is 2.23 bits per heavy atom. The number of benzene rings is 1. The Morgan fingerprint density at radius 1 is 1.18 bits per heavy atom. The Bertz CT molecular complexity index is 703. The smallest absolute Gasteiger partial charge is 0.348 e. The first-order valence-electron chi connectivity index (χ1n) is 5.93. The molecular formula is C13H9Cl2NO6. The van der Waals surface area contributed by atoms with E-state index >= 15 is 0 Å².